The maximum Gasteiger partial charge on any atom is 0.304 e. The number of para-hydroxylation sites is 1. The Balaban J connectivity index is 2.43. The Morgan fingerprint density at radius 1 is 1.00 bits per heavy atom. The standard InChI is InChI=1S/C23H32N4O4S/c1-6-24-23(29)19(3)26(16-20-13-11-10-12-18(20)2)22(28)17-27(32(30,31)25(4)5)21-14-8-7-9-15-21/h7-15,19H,6,16-17H2,1-5H3,(H,24,29). The summed E-state index contributed by atoms with van der Waals surface area (Å²) in [7, 11) is -1.11. The molecule has 2 amide bonds. The third kappa shape index (κ3) is 6.08. The number of amides is 2. The van der Waals surface area contributed by atoms with Crippen LogP contribution < -0.4 is 9.62 Å². The molecule has 0 saturated heterocycles. The summed E-state index contributed by atoms with van der Waals surface area (Å²) in [5.41, 5.74) is 2.24. The van der Waals surface area contributed by atoms with Gasteiger partial charge in [-0.25, -0.2) is 4.31 Å². The fourth-order valence-corrected chi connectivity index (χ4v) is 4.24. The Morgan fingerprint density at radius 3 is 2.16 bits per heavy atom. The minimum atomic E-state index is -3.94. The summed E-state index contributed by atoms with van der Waals surface area (Å²) in [6, 6.07) is 15.3. The Labute approximate surface area is 191 Å². The molecule has 1 N–H and O–H groups in total. The zero-order valence-corrected chi connectivity index (χ0v) is 20.1. The molecule has 0 heterocycles. The van der Waals surface area contributed by atoms with Crippen molar-refractivity contribution >= 4 is 27.7 Å². The molecule has 0 saturated carbocycles. The fourth-order valence-electron chi connectivity index (χ4n) is 3.19. The molecule has 1 atom stereocenters. The molecule has 0 aromatic heterocycles. The van der Waals surface area contributed by atoms with Gasteiger partial charge < -0.3 is 10.2 Å². The number of hydrogen-bond acceptors (Lipinski definition) is 4. The highest BCUT2D eigenvalue weighted by Gasteiger charge is 2.32. The molecule has 0 aliphatic heterocycles. The summed E-state index contributed by atoms with van der Waals surface area (Å²) in [6.45, 7) is 5.57. The van der Waals surface area contributed by atoms with Crippen LogP contribution in [0.3, 0.4) is 0 Å². The van der Waals surface area contributed by atoms with E-state index in [4.69, 9.17) is 0 Å². The molecule has 2 aromatic carbocycles. The Bertz CT molecular complexity index is 1030. The maximum atomic E-state index is 13.5. The third-order valence-electron chi connectivity index (χ3n) is 5.18. The molecule has 2 rings (SSSR count). The minimum absolute atomic E-state index is 0.189. The lowest BCUT2D eigenvalue weighted by Gasteiger charge is -2.33. The van der Waals surface area contributed by atoms with Crippen LogP contribution in [0.15, 0.2) is 54.6 Å². The van der Waals surface area contributed by atoms with Crippen LogP contribution in [-0.2, 0) is 26.3 Å². The molecule has 174 valence electrons. The zero-order valence-electron chi connectivity index (χ0n) is 19.3. The van der Waals surface area contributed by atoms with E-state index in [0.29, 0.717) is 12.2 Å². The number of anilines is 1. The number of carbonyl (C=O) groups is 2. The van der Waals surface area contributed by atoms with Crippen molar-refractivity contribution in [3.05, 3.63) is 65.7 Å². The van der Waals surface area contributed by atoms with Crippen molar-refractivity contribution in [2.75, 3.05) is 31.5 Å². The lowest BCUT2D eigenvalue weighted by atomic mass is 10.1. The van der Waals surface area contributed by atoms with E-state index in [-0.39, 0.29) is 12.5 Å². The number of benzene rings is 2. The van der Waals surface area contributed by atoms with Gasteiger partial charge in [0.25, 0.3) is 0 Å². The molecule has 8 nitrogen and oxygen atoms in total. The second-order valence-corrected chi connectivity index (χ2v) is 9.72. The van der Waals surface area contributed by atoms with Crippen molar-refractivity contribution in [2.24, 2.45) is 0 Å². The van der Waals surface area contributed by atoms with Gasteiger partial charge in [-0.2, -0.15) is 12.7 Å². The Hall–Kier alpha value is -2.91. The summed E-state index contributed by atoms with van der Waals surface area (Å²) in [4.78, 5) is 27.5. The SMILES string of the molecule is CCNC(=O)C(C)N(Cc1ccccc1C)C(=O)CN(c1ccccc1)S(=O)(=O)N(C)C. The van der Waals surface area contributed by atoms with Gasteiger partial charge in [-0.1, -0.05) is 42.5 Å². The molecule has 1 unspecified atom stereocenters. The van der Waals surface area contributed by atoms with E-state index in [9.17, 15) is 18.0 Å². The number of carbonyl (C=O) groups excluding carboxylic acids is 2. The van der Waals surface area contributed by atoms with Crippen LogP contribution in [0.2, 0.25) is 0 Å². The van der Waals surface area contributed by atoms with Crippen molar-refractivity contribution in [1.29, 1.82) is 0 Å². The van der Waals surface area contributed by atoms with Gasteiger partial charge in [0.2, 0.25) is 11.8 Å². The van der Waals surface area contributed by atoms with Gasteiger partial charge in [0.1, 0.15) is 12.6 Å². The largest absolute Gasteiger partial charge is 0.355 e. The van der Waals surface area contributed by atoms with Crippen molar-refractivity contribution in [2.45, 2.75) is 33.4 Å². The van der Waals surface area contributed by atoms with Crippen molar-refractivity contribution < 1.29 is 18.0 Å². The lowest BCUT2D eigenvalue weighted by Crippen LogP contribution is -2.52. The number of nitrogens with zero attached hydrogens (tertiary/aromatic N) is 3. The van der Waals surface area contributed by atoms with Crippen LogP contribution in [0.5, 0.6) is 0 Å². The van der Waals surface area contributed by atoms with Gasteiger partial charge >= 0.3 is 10.2 Å². The number of hydrogen-bond donors (Lipinski definition) is 1. The van der Waals surface area contributed by atoms with Crippen LogP contribution >= 0.6 is 0 Å². The molecule has 0 bridgehead atoms. The van der Waals surface area contributed by atoms with Crippen LogP contribution in [-0.4, -0.2) is 62.7 Å². The molecule has 0 aliphatic rings. The summed E-state index contributed by atoms with van der Waals surface area (Å²) in [5, 5.41) is 2.74. The predicted molar refractivity (Wildman–Crippen MR) is 126 cm³/mol. The number of rotatable bonds is 10. The van der Waals surface area contributed by atoms with Gasteiger partial charge in [0.15, 0.2) is 0 Å². The topological polar surface area (TPSA) is 90.0 Å². The quantitative estimate of drug-likeness (QED) is 0.588. The first-order chi connectivity index (χ1) is 15.1. The van der Waals surface area contributed by atoms with Crippen molar-refractivity contribution in [1.82, 2.24) is 14.5 Å². The van der Waals surface area contributed by atoms with Crippen molar-refractivity contribution in [3.8, 4) is 0 Å². The van der Waals surface area contributed by atoms with Crippen LogP contribution in [0.25, 0.3) is 0 Å². The highest BCUT2D eigenvalue weighted by molar-refractivity contribution is 7.90. The smallest absolute Gasteiger partial charge is 0.304 e. The average Bonchev–Trinajstić information content (AvgIpc) is 2.76. The van der Waals surface area contributed by atoms with E-state index in [0.717, 1.165) is 19.7 Å². The predicted octanol–water partition coefficient (Wildman–Crippen LogP) is 2.16. The number of likely N-dealkylation sites (N-methyl/N-ethyl adjacent to an activating group) is 1. The first-order valence-electron chi connectivity index (χ1n) is 10.5. The molecule has 9 heteroatoms. The van der Waals surface area contributed by atoms with Gasteiger partial charge in [0.05, 0.1) is 5.69 Å². The van der Waals surface area contributed by atoms with Gasteiger partial charge in [-0.05, 0) is 44.0 Å². The average molecular weight is 461 g/mol. The van der Waals surface area contributed by atoms with Gasteiger partial charge in [0, 0.05) is 27.2 Å². The molecular formula is C23H32N4O4S. The van der Waals surface area contributed by atoms with Gasteiger partial charge in [-0.15, -0.1) is 0 Å². The monoisotopic (exact) mass is 460 g/mol. The molecule has 0 fully saturated rings. The number of aryl methyl sites for hydroxylation is 1. The molecule has 0 aliphatic carbocycles. The molecule has 0 radical (unpaired) electrons. The normalized spacial score (nSPS) is 12.3. The summed E-state index contributed by atoms with van der Waals surface area (Å²) in [5.74, 6) is -0.766. The van der Waals surface area contributed by atoms with E-state index in [1.165, 1.54) is 19.0 Å². The lowest BCUT2D eigenvalue weighted by molar-refractivity contribution is -0.139. The van der Waals surface area contributed by atoms with Crippen molar-refractivity contribution in [3.63, 3.8) is 0 Å². The highest BCUT2D eigenvalue weighted by atomic mass is 32.2. The summed E-state index contributed by atoms with van der Waals surface area (Å²) in [6.07, 6.45) is 0. The first kappa shape index (κ1) is 25.4. The van der Waals surface area contributed by atoms with Crippen LogP contribution in [0, 0.1) is 6.92 Å². The molecule has 2 aromatic rings. The number of nitrogens with one attached hydrogen (secondary N) is 1. The first-order valence-corrected chi connectivity index (χ1v) is 11.9. The van der Waals surface area contributed by atoms with E-state index >= 15 is 0 Å². The summed E-state index contributed by atoms with van der Waals surface area (Å²) >= 11 is 0. The minimum Gasteiger partial charge on any atom is -0.355 e. The van der Waals surface area contributed by atoms with E-state index in [2.05, 4.69) is 5.32 Å². The van der Waals surface area contributed by atoms with E-state index in [1.807, 2.05) is 31.2 Å². The van der Waals surface area contributed by atoms with E-state index < -0.39 is 28.7 Å². The van der Waals surface area contributed by atoms with Crippen LogP contribution in [0.1, 0.15) is 25.0 Å². The van der Waals surface area contributed by atoms with E-state index in [1.54, 1.807) is 44.2 Å². The summed E-state index contributed by atoms with van der Waals surface area (Å²) < 4.78 is 28.1. The zero-order chi connectivity index (χ0) is 23.9. The highest BCUT2D eigenvalue weighted by Crippen LogP contribution is 2.21. The Morgan fingerprint density at radius 2 is 1.59 bits per heavy atom. The van der Waals surface area contributed by atoms with Gasteiger partial charge in [-0.3, -0.25) is 9.59 Å². The molecular weight excluding hydrogens is 428 g/mol. The second kappa shape index (κ2) is 11.1. The molecule has 32 heavy (non-hydrogen) atoms. The fraction of sp³-hybridized carbons (Fsp3) is 0.391. The molecule has 0 spiro atoms. The second-order valence-electron chi connectivity index (χ2n) is 7.65. The maximum absolute atomic E-state index is 13.5. The third-order valence-corrected chi connectivity index (χ3v) is 7.00. The Kier molecular flexibility index (Phi) is 8.80. The van der Waals surface area contributed by atoms with Crippen LogP contribution in [0.4, 0.5) is 5.69 Å².